The van der Waals surface area contributed by atoms with E-state index in [2.05, 4.69) is 15.3 Å². The van der Waals surface area contributed by atoms with Gasteiger partial charge in [0.1, 0.15) is 23.4 Å². The van der Waals surface area contributed by atoms with Crippen molar-refractivity contribution < 1.29 is 18.7 Å². The number of hydrogen-bond donors (Lipinski definition) is 2. The summed E-state index contributed by atoms with van der Waals surface area (Å²) in [6, 6.07) is 5.28. The standard InChI is InChI=1S/C21H23FN4O3/c1-5-15-16(21(28)29-4)12(2)17(24-15)20(27)25-18(19-23-10-11-26(19)3)13-6-8-14(22)9-7-13/h6-11,18,24H,5H2,1-4H3,(H,25,27). The van der Waals surface area contributed by atoms with Crippen LogP contribution in [-0.2, 0) is 18.2 Å². The van der Waals surface area contributed by atoms with Crippen LogP contribution in [0.5, 0.6) is 0 Å². The fourth-order valence-electron chi connectivity index (χ4n) is 3.34. The third kappa shape index (κ3) is 3.91. The first kappa shape index (κ1) is 20.3. The second-order valence-electron chi connectivity index (χ2n) is 6.68. The van der Waals surface area contributed by atoms with E-state index in [4.69, 9.17) is 4.74 Å². The number of amides is 1. The fraction of sp³-hybridized carbons (Fsp3) is 0.286. The van der Waals surface area contributed by atoms with E-state index in [1.54, 1.807) is 36.0 Å². The molecule has 1 aromatic carbocycles. The molecule has 2 N–H and O–H groups in total. The van der Waals surface area contributed by atoms with E-state index in [0.29, 0.717) is 34.6 Å². The van der Waals surface area contributed by atoms with Crippen LogP contribution in [0, 0.1) is 12.7 Å². The largest absolute Gasteiger partial charge is 0.465 e. The topological polar surface area (TPSA) is 89.0 Å². The Morgan fingerprint density at radius 1 is 1.31 bits per heavy atom. The van der Waals surface area contributed by atoms with E-state index in [0.717, 1.165) is 0 Å². The Hall–Kier alpha value is -3.42. The van der Waals surface area contributed by atoms with Gasteiger partial charge in [-0.15, -0.1) is 0 Å². The lowest BCUT2D eigenvalue weighted by atomic mass is 10.0. The van der Waals surface area contributed by atoms with Gasteiger partial charge < -0.3 is 19.6 Å². The average Bonchev–Trinajstić information content (AvgIpc) is 3.29. The summed E-state index contributed by atoms with van der Waals surface area (Å²) in [6.07, 6.45) is 3.93. The molecule has 1 unspecified atom stereocenters. The number of carbonyl (C=O) groups is 2. The number of aromatic amines is 1. The second-order valence-corrected chi connectivity index (χ2v) is 6.68. The Balaban J connectivity index is 2.00. The molecule has 2 aromatic heterocycles. The number of nitrogens with zero attached hydrogens (tertiary/aromatic N) is 2. The first-order valence-electron chi connectivity index (χ1n) is 9.20. The maximum atomic E-state index is 13.4. The molecule has 2 heterocycles. The van der Waals surface area contributed by atoms with E-state index in [1.165, 1.54) is 19.2 Å². The predicted molar refractivity (Wildman–Crippen MR) is 105 cm³/mol. The summed E-state index contributed by atoms with van der Waals surface area (Å²) in [4.78, 5) is 32.6. The van der Waals surface area contributed by atoms with Crippen molar-refractivity contribution in [2.45, 2.75) is 26.3 Å². The Kier molecular flexibility index (Phi) is 5.81. The third-order valence-electron chi connectivity index (χ3n) is 4.89. The second kappa shape index (κ2) is 8.30. The molecule has 0 radical (unpaired) electrons. The van der Waals surface area contributed by atoms with Crippen molar-refractivity contribution >= 4 is 11.9 Å². The average molecular weight is 398 g/mol. The molecule has 1 atom stereocenters. The van der Waals surface area contributed by atoms with Crippen LogP contribution in [0.15, 0.2) is 36.7 Å². The van der Waals surface area contributed by atoms with E-state index in [-0.39, 0.29) is 11.5 Å². The van der Waals surface area contributed by atoms with Gasteiger partial charge in [0, 0.05) is 25.1 Å². The number of hydrogen-bond acceptors (Lipinski definition) is 4. The van der Waals surface area contributed by atoms with Gasteiger partial charge in [0.15, 0.2) is 0 Å². The highest BCUT2D eigenvalue weighted by Gasteiger charge is 2.27. The van der Waals surface area contributed by atoms with Gasteiger partial charge in [-0.2, -0.15) is 0 Å². The predicted octanol–water partition coefficient (Wildman–Crippen LogP) is 3.06. The quantitative estimate of drug-likeness (QED) is 0.625. The van der Waals surface area contributed by atoms with Crippen molar-refractivity contribution in [2.75, 3.05) is 7.11 Å². The van der Waals surface area contributed by atoms with Crippen molar-refractivity contribution in [3.8, 4) is 0 Å². The molecule has 152 valence electrons. The van der Waals surface area contributed by atoms with Crippen LogP contribution in [-0.4, -0.2) is 33.5 Å². The molecule has 3 aromatic rings. The summed E-state index contributed by atoms with van der Waals surface area (Å²) in [5, 5.41) is 2.95. The lowest BCUT2D eigenvalue weighted by Gasteiger charge is -2.19. The number of rotatable bonds is 6. The van der Waals surface area contributed by atoms with Crippen molar-refractivity contribution in [3.05, 3.63) is 76.4 Å². The van der Waals surface area contributed by atoms with Crippen LogP contribution in [0.2, 0.25) is 0 Å². The summed E-state index contributed by atoms with van der Waals surface area (Å²) >= 11 is 0. The Labute approximate surface area is 167 Å². The van der Waals surface area contributed by atoms with Crippen LogP contribution in [0.25, 0.3) is 0 Å². The first-order valence-corrected chi connectivity index (χ1v) is 9.20. The molecular formula is C21H23FN4O3. The molecule has 1 amide bonds. The number of halogens is 1. The number of esters is 1. The highest BCUT2D eigenvalue weighted by Crippen LogP contribution is 2.24. The molecule has 0 fully saturated rings. The van der Waals surface area contributed by atoms with Gasteiger partial charge in [-0.05, 0) is 36.6 Å². The third-order valence-corrected chi connectivity index (χ3v) is 4.89. The molecule has 0 aliphatic rings. The van der Waals surface area contributed by atoms with Crippen LogP contribution < -0.4 is 5.32 Å². The molecule has 0 spiro atoms. The van der Waals surface area contributed by atoms with Crippen molar-refractivity contribution in [2.24, 2.45) is 7.05 Å². The van der Waals surface area contributed by atoms with Gasteiger partial charge in [0.05, 0.1) is 12.7 Å². The van der Waals surface area contributed by atoms with Crippen LogP contribution in [0.1, 0.15) is 56.5 Å². The summed E-state index contributed by atoms with van der Waals surface area (Å²) in [6.45, 7) is 3.58. The van der Waals surface area contributed by atoms with E-state index < -0.39 is 17.9 Å². The molecular weight excluding hydrogens is 375 g/mol. The molecule has 0 bridgehead atoms. The number of aromatic nitrogens is 3. The maximum Gasteiger partial charge on any atom is 0.339 e. The zero-order valence-corrected chi connectivity index (χ0v) is 16.7. The van der Waals surface area contributed by atoms with Gasteiger partial charge in [-0.25, -0.2) is 14.2 Å². The SMILES string of the molecule is CCc1[nH]c(C(=O)NC(c2ccc(F)cc2)c2nccn2C)c(C)c1C(=O)OC. The summed E-state index contributed by atoms with van der Waals surface area (Å²) < 4.78 is 20.0. The lowest BCUT2D eigenvalue weighted by Crippen LogP contribution is -2.31. The summed E-state index contributed by atoms with van der Waals surface area (Å²) in [5.41, 5.74) is 2.49. The van der Waals surface area contributed by atoms with E-state index >= 15 is 0 Å². The summed E-state index contributed by atoms with van der Waals surface area (Å²) in [7, 11) is 3.12. The fourth-order valence-corrected chi connectivity index (χ4v) is 3.34. The van der Waals surface area contributed by atoms with Gasteiger partial charge in [-0.1, -0.05) is 19.1 Å². The van der Waals surface area contributed by atoms with Crippen LogP contribution >= 0.6 is 0 Å². The van der Waals surface area contributed by atoms with E-state index in [1.807, 2.05) is 14.0 Å². The lowest BCUT2D eigenvalue weighted by molar-refractivity contribution is 0.0599. The number of aryl methyl sites for hydroxylation is 2. The zero-order valence-electron chi connectivity index (χ0n) is 16.7. The number of H-pyrrole nitrogens is 1. The molecule has 7 nitrogen and oxygen atoms in total. The molecule has 0 aliphatic heterocycles. The van der Waals surface area contributed by atoms with Gasteiger partial charge in [0.2, 0.25) is 0 Å². The Morgan fingerprint density at radius 2 is 2.00 bits per heavy atom. The first-order chi connectivity index (χ1) is 13.9. The highest BCUT2D eigenvalue weighted by molar-refractivity contribution is 6.00. The molecule has 0 aliphatic carbocycles. The minimum Gasteiger partial charge on any atom is -0.465 e. The van der Waals surface area contributed by atoms with Gasteiger partial charge in [0.25, 0.3) is 5.91 Å². The van der Waals surface area contributed by atoms with Crippen molar-refractivity contribution in [1.82, 2.24) is 19.9 Å². The minimum absolute atomic E-state index is 0.281. The molecule has 0 saturated heterocycles. The van der Waals surface area contributed by atoms with Crippen molar-refractivity contribution in [1.29, 1.82) is 0 Å². The highest BCUT2D eigenvalue weighted by atomic mass is 19.1. The molecule has 29 heavy (non-hydrogen) atoms. The molecule has 0 saturated carbocycles. The Bertz CT molecular complexity index is 1040. The normalized spacial score (nSPS) is 11.9. The van der Waals surface area contributed by atoms with Gasteiger partial charge >= 0.3 is 5.97 Å². The van der Waals surface area contributed by atoms with Crippen LogP contribution in [0.3, 0.4) is 0 Å². The smallest absolute Gasteiger partial charge is 0.339 e. The number of carbonyl (C=O) groups excluding carboxylic acids is 2. The number of imidazole rings is 1. The number of nitrogens with one attached hydrogen (secondary N) is 2. The number of benzene rings is 1. The Morgan fingerprint density at radius 3 is 2.55 bits per heavy atom. The van der Waals surface area contributed by atoms with Gasteiger partial charge in [-0.3, -0.25) is 4.79 Å². The number of ether oxygens (including phenoxy) is 1. The zero-order chi connectivity index (χ0) is 21.1. The summed E-state index contributed by atoms with van der Waals surface area (Å²) in [5.74, 6) is -0.661. The maximum absolute atomic E-state index is 13.4. The van der Waals surface area contributed by atoms with E-state index in [9.17, 15) is 14.0 Å². The minimum atomic E-state index is -0.600. The van der Waals surface area contributed by atoms with Crippen molar-refractivity contribution in [3.63, 3.8) is 0 Å². The van der Waals surface area contributed by atoms with Crippen LogP contribution in [0.4, 0.5) is 4.39 Å². The molecule has 3 rings (SSSR count). The number of methoxy groups -OCH3 is 1. The monoisotopic (exact) mass is 398 g/mol. The molecule has 8 heteroatoms.